The molecule has 1 aromatic rings. The Kier molecular flexibility index (Phi) is 13.4. The average Bonchev–Trinajstić information content (AvgIpc) is 2.23. The van der Waals surface area contributed by atoms with Crippen molar-refractivity contribution in [2.45, 2.75) is 0 Å². The van der Waals surface area contributed by atoms with Gasteiger partial charge in [-0.2, -0.15) is 0 Å². The van der Waals surface area contributed by atoms with E-state index in [4.69, 9.17) is 3.80 Å². The molecular weight excluding hydrogens is 142 g/mol. The van der Waals surface area contributed by atoms with E-state index >= 15 is 0 Å². The third kappa shape index (κ3) is 5.83. The minimum atomic E-state index is 0. The van der Waals surface area contributed by atoms with Gasteiger partial charge in [0.25, 0.3) is 0 Å². The van der Waals surface area contributed by atoms with E-state index in [0.29, 0.717) is 0 Å². The minimum absolute atomic E-state index is 0. The monoisotopic (exact) mass is 147 g/mol. The molecule has 0 unspecified atom stereocenters. The van der Waals surface area contributed by atoms with Crippen LogP contribution in [0.3, 0.4) is 0 Å². The number of rotatable bonds is 0. The first-order valence-electron chi connectivity index (χ1n) is 1.66. The van der Waals surface area contributed by atoms with Crippen LogP contribution in [-0.2, 0) is 3.80 Å². The normalized spacial score (nSPS) is 5.38. The maximum atomic E-state index is 8.17. The van der Waals surface area contributed by atoms with Crippen LogP contribution in [0.2, 0.25) is 0 Å². The maximum absolute atomic E-state index is 8.17. The molecule has 0 atom stereocenters. The van der Waals surface area contributed by atoms with Crippen LogP contribution in [0.1, 0.15) is 0 Å². The van der Waals surface area contributed by atoms with Crippen molar-refractivity contribution in [2.75, 3.05) is 0 Å². The van der Waals surface area contributed by atoms with Gasteiger partial charge in [0.2, 0.25) is 0 Å². The minimum Gasteiger partial charge on any atom is -0.351 e. The Balaban J connectivity index is 0. The van der Waals surface area contributed by atoms with Crippen molar-refractivity contribution in [3.05, 3.63) is 18.7 Å². The second kappa shape index (κ2) is 9.95. The van der Waals surface area contributed by atoms with E-state index in [-0.39, 0.29) is 12.4 Å². The van der Waals surface area contributed by atoms with Gasteiger partial charge in [-0.1, -0.05) is 0 Å². The van der Waals surface area contributed by atoms with Crippen molar-refractivity contribution in [3.63, 3.8) is 0 Å². The standard InChI is InChI=1S/C3H4N2.Al.ClH.O/c1-2-5-3-4-1;;;/h1-3H,(H,4,5);;1H;. The molecule has 0 saturated heterocycles. The van der Waals surface area contributed by atoms with E-state index in [1.807, 2.05) is 0 Å². The average molecular weight is 148 g/mol. The summed E-state index contributed by atoms with van der Waals surface area (Å²) in [6, 6.07) is 0. The molecule has 0 aliphatic carbocycles. The molecule has 1 rings (SSSR count). The van der Waals surface area contributed by atoms with Crippen molar-refractivity contribution in [1.29, 1.82) is 0 Å². The molecule has 1 radical (unpaired) electrons. The first kappa shape index (κ1) is 10.7. The van der Waals surface area contributed by atoms with Crippen LogP contribution in [0.15, 0.2) is 18.7 Å². The molecule has 0 amide bonds. The van der Waals surface area contributed by atoms with Crippen molar-refractivity contribution < 1.29 is 3.80 Å². The molecule has 8 heavy (non-hydrogen) atoms. The number of halogens is 1. The van der Waals surface area contributed by atoms with Gasteiger partial charge in [0.05, 0.1) is 6.33 Å². The number of H-pyrrole nitrogens is 1. The van der Waals surface area contributed by atoms with Crippen molar-refractivity contribution in [3.8, 4) is 0 Å². The fourth-order valence-corrected chi connectivity index (χ4v) is 0.215. The quantitative estimate of drug-likeness (QED) is 0.538. The summed E-state index contributed by atoms with van der Waals surface area (Å²) >= 11 is 1.17. The van der Waals surface area contributed by atoms with Crippen molar-refractivity contribution in [1.82, 2.24) is 9.97 Å². The SMILES string of the molecule is Cl.[O]=[Al].c1c[nH]cn1. The number of aromatic nitrogens is 2. The molecule has 43 valence electrons. The van der Waals surface area contributed by atoms with Gasteiger partial charge in [-0.25, -0.2) is 4.98 Å². The number of imidazole rings is 1. The molecule has 1 aromatic heterocycles. The van der Waals surface area contributed by atoms with E-state index < -0.39 is 0 Å². The smallest absolute Gasteiger partial charge is 0.0919 e. The van der Waals surface area contributed by atoms with Crippen LogP contribution in [-0.4, -0.2) is 26.2 Å². The second-order valence-electron chi connectivity index (χ2n) is 0.761. The number of aromatic amines is 1. The fraction of sp³-hybridized carbons (Fsp3) is 0. The zero-order valence-corrected chi connectivity index (χ0v) is 6.04. The Bertz CT molecular complexity index is 84.2. The van der Waals surface area contributed by atoms with Crippen LogP contribution in [0.4, 0.5) is 0 Å². The van der Waals surface area contributed by atoms with Crippen LogP contribution in [0, 0.1) is 0 Å². The van der Waals surface area contributed by atoms with Crippen LogP contribution < -0.4 is 0 Å². The topological polar surface area (TPSA) is 45.8 Å². The predicted molar refractivity (Wildman–Crippen MR) is 32.3 cm³/mol. The molecule has 5 heteroatoms. The molecule has 0 spiro atoms. The van der Waals surface area contributed by atoms with Gasteiger partial charge in [-0.15, -0.1) is 12.4 Å². The van der Waals surface area contributed by atoms with Crippen LogP contribution >= 0.6 is 12.4 Å². The molecule has 0 aromatic carbocycles. The molecule has 1 N–H and O–H groups in total. The summed E-state index contributed by atoms with van der Waals surface area (Å²) in [7, 11) is 0. The Morgan fingerprint density at radius 3 is 2.25 bits per heavy atom. The van der Waals surface area contributed by atoms with Gasteiger partial charge in [-0.3, -0.25) is 0 Å². The van der Waals surface area contributed by atoms with Gasteiger partial charge < -0.3 is 4.98 Å². The first-order valence-corrected chi connectivity index (χ1v) is 2.13. The number of hydrogen-bond donors (Lipinski definition) is 1. The fourth-order valence-electron chi connectivity index (χ4n) is 0.215. The zero-order valence-electron chi connectivity index (χ0n) is 4.07. The summed E-state index contributed by atoms with van der Waals surface area (Å²) < 4.78 is 8.17. The third-order valence-corrected chi connectivity index (χ3v) is 0.406. The molecule has 0 bridgehead atoms. The molecular formula is C3H5AlClN2O. The van der Waals surface area contributed by atoms with Crippen molar-refractivity contribution in [2.24, 2.45) is 0 Å². The maximum Gasteiger partial charge on any atom is 0.0919 e. The van der Waals surface area contributed by atoms with E-state index in [0.717, 1.165) is 0 Å². The molecule has 0 aliphatic rings. The van der Waals surface area contributed by atoms with Crippen molar-refractivity contribution >= 4 is 28.6 Å². The second-order valence-corrected chi connectivity index (χ2v) is 0.761. The van der Waals surface area contributed by atoms with Gasteiger partial charge in [0, 0.05) is 12.4 Å². The Morgan fingerprint density at radius 2 is 2.12 bits per heavy atom. The van der Waals surface area contributed by atoms with E-state index in [9.17, 15) is 0 Å². The Hall–Kier alpha value is -0.168. The van der Waals surface area contributed by atoms with Gasteiger partial charge >= 0.3 is 20.0 Å². The third-order valence-electron chi connectivity index (χ3n) is 0.406. The van der Waals surface area contributed by atoms with Gasteiger partial charge in [-0.05, 0) is 0 Å². The number of hydrogen-bond acceptors (Lipinski definition) is 2. The Labute approximate surface area is 61.6 Å². The van der Waals surface area contributed by atoms with Crippen LogP contribution in [0.25, 0.3) is 0 Å². The first-order chi connectivity index (χ1) is 3.50. The van der Waals surface area contributed by atoms with E-state index in [1.54, 1.807) is 18.7 Å². The molecule has 0 fully saturated rings. The van der Waals surface area contributed by atoms with Gasteiger partial charge in [0.1, 0.15) is 0 Å². The molecule has 1 heterocycles. The van der Waals surface area contributed by atoms with Crippen LogP contribution in [0.5, 0.6) is 0 Å². The summed E-state index contributed by atoms with van der Waals surface area (Å²) in [6.07, 6.45) is 5.08. The Morgan fingerprint density at radius 1 is 1.50 bits per heavy atom. The number of nitrogens with one attached hydrogen (secondary N) is 1. The largest absolute Gasteiger partial charge is 0.351 e. The number of nitrogens with zero attached hydrogens (tertiary/aromatic N) is 1. The van der Waals surface area contributed by atoms with E-state index in [1.165, 1.54) is 16.2 Å². The summed E-state index contributed by atoms with van der Waals surface area (Å²) in [5.74, 6) is 0. The predicted octanol–water partition coefficient (Wildman–Crippen LogP) is 0.332. The summed E-state index contributed by atoms with van der Waals surface area (Å²) in [5.41, 5.74) is 0. The van der Waals surface area contributed by atoms with E-state index in [2.05, 4.69) is 9.97 Å². The molecule has 0 aliphatic heterocycles. The summed E-state index contributed by atoms with van der Waals surface area (Å²) in [6.45, 7) is 0. The van der Waals surface area contributed by atoms with Gasteiger partial charge in [0.15, 0.2) is 0 Å². The molecule has 3 nitrogen and oxygen atoms in total. The zero-order chi connectivity index (χ0) is 5.54. The molecule has 0 saturated carbocycles. The summed E-state index contributed by atoms with van der Waals surface area (Å²) in [5, 5.41) is 0. The summed E-state index contributed by atoms with van der Waals surface area (Å²) in [4.78, 5) is 6.42.